The second-order valence-corrected chi connectivity index (χ2v) is 3.96. The molecule has 0 radical (unpaired) electrons. The van der Waals surface area contributed by atoms with Crippen LogP contribution in [0.25, 0.3) is 0 Å². The van der Waals surface area contributed by atoms with E-state index in [1.54, 1.807) is 6.07 Å². The number of halogens is 2. The Morgan fingerprint density at radius 3 is 2.62 bits per heavy atom. The summed E-state index contributed by atoms with van der Waals surface area (Å²) in [5.74, 6) is 1.61. The van der Waals surface area contributed by atoms with Crippen LogP contribution in [-0.2, 0) is 0 Å². The molecule has 0 aliphatic heterocycles. The third-order valence-corrected chi connectivity index (χ3v) is 2.40. The monoisotopic (exact) mass is 411 g/mol. The Bertz CT molecular complexity index is 444. The fraction of sp³-hybridized carbons (Fsp3) is 0.500. The molecule has 0 spiro atoms. The summed E-state index contributed by atoms with van der Waals surface area (Å²) in [6.45, 7) is 4.88. The van der Waals surface area contributed by atoms with Crippen molar-refractivity contribution in [2.45, 2.75) is 20.3 Å². The summed E-state index contributed by atoms with van der Waals surface area (Å²) in [4.78, 5) is 4.03. The predicted octanol–water partition coefficient (Wildman–Crippen LogP) is 3.19. The van der Waals surface area contributed by atoms with Gasteiger partial charge in [-0.05, 0) is 32.4 Å². The molecule has 0 atom stereocenters. The number of anilines is 1. The van der Waals surface area contributed by atoms with Crippen molar-refractivity contribution in [1.29, 1.82) is 0 Å². The third-order valence-electron chi connectivity index (χ3n) is 2.40. The average molecular weight is 411 g/mol. The maximum absolute atomic E-state index is 12.0. The number of nitrogens with one attached hydrogen (secondary N) is 1. The molecule has 1 rings (SSSR count). The zero-order valence-electron chi connectivity index (χ0n) is 12.4. The summed E-state index contributed by atoms with van der Waals surface area (Å²) >= 11 is 0. The first-order valence-corrected chi connectivity index (χ1v) is 6.73. The summed E-state index contributed by atoms with van der Waals surface area (Å²) in [6.07, 6.45) is 0.361. The van der Waals surface area contributed by atoms with E-state index in [1.807, 2.05) is 26.0 Å². The molecule has 5 nitrogen and oxygen atoms in total. The van der Waals surface area contributed by atoms with Crippen LogP contribution in [0, 0.1) is 0 Å². The first-order valence-electron chi connectivity index (χ1n) is 6.73. The van der Waals surface area contributed by atoms with E-state index < -0.39 is 6.67 Å². The second-order valence-electron chi connectivity index (χ2n) is 3.96. The molecule has 0 aliphatic rings. The summed E-state index contributed by atoms with van der Waals surface area (Å²) in [7, 11) is 0. The number of alkyl halides is 1. The van der Waals surface area contributed by atoms with Crippen molar-refractivity contribution >= 4 is 35.6 Å². The molecule has 1 aromatic carbocycles. The maximum Gasteiger partial charge on any atom is 0.193 e. The Hall–Kier alpha value is -1.25. The van der Waals surface area contributed by atoms with Crippen LogP contribution in [0.1, 0.15) is 20.3 Å². The molecule has 21 heavy (non-hydrogen) atoms. The number of hydrogen-bond donors (Lipinski definition) is 2. The summed E-state index contributed by atoms with van der Waals surface area (Å²) in [5.41, 5.74) is 6.44. The quantitative estimate of drug-likeness (QED) is 0.299. The van der Waals surface area contributed by atoms with Crippen molar-refractivity contribution in [1.82, 2.24) is 0 Å². The van der Waals surface area contributed by atoms with E-state index >= 15 is 0 Å². The van der Waals surface area contributed by atoms with Crippen molar-refractivity contribution in [2.24, 2.45) is 10.7 Å². The molecule has 7 heteroatoms. The molecule has 0 aliphatic carbocycles. The topological polar surface area (TPSA) is 68.9 Å². The lowest BCUT2D eigenvalue weighted by molar-refractivity contribution is 0.332. The predicted molar refractivity (Wildman–Crippen MR) is 94.9 cm³/mol. The van der Waals surface area contributed by atoms with E-state index in [4.69, 9.17) is 15.2 Å². The van der Waals surface area contributed by atoms with Gasteiger partial charge in [-0.2, -0.15) is 0 Å². The van der Waals surface area contributed by atoms with Crippen molar-refractivity contribution in [3.05, 3.63) is 18.2 Å². The molecule has 0 heterocycles. The number of aliphatic imine (C=N–C) groups is 1. The molecule has 0 fully saturated rings. The molecule has 0 bridgehead atoms. The van der Waals surface area contributed by atoms with Crippen molar-refractivity contribution in [3.8, 4) is 11.5 Å². The van der Waals surface area contributed by atoms with Crippen molar-refractivity contribution in [3.63, 3.8) is 0 Å². The Morgan fingerprint density at radius 2 is 2.00 bits per heavy atom. The molecule has 0 unspecified atom stereocenters. The number of benzene rings is 1. The highest BCUT2D eigenvalue weighted by Crippen LogP contribution is 2.29. The van der Waals surface area contributed by atoms with Gasteiger partial charge in [0.1, 0.15) is 11.5 Å². The zero-order valence-corrected chi connectivity index (χ0v) is 14.7. The average Bonchev–Trinajstić information content (AvgIpc) is 2.42. The minimum absolute atomic E-state index is 0. The van der Waals surface area contributed by atoms with E-state index in [-0.39, 0.29) is 29.9 Å². The highest BCUT2D eigenvalue weighted by atomic mass is 127. The number of rotatable bonds is 8. The third kappa shape index (κ3) is 7.35. The van der Waals surface area contributed by atoms with Crippen LogP contribution >= 0.6 is 24.0 Å². The van der Waals surface area contributed by atoms with E-state index in [0.717, 1.165) is 5.75 Å². The molecule has 120 valence electrons. The Balaban J connectivity index is 0.00000400. The van der Waals surface area contributed by atoms with Gasteiger partial charge in [-0.25, -0.2) is 0 Å². The smallest absolute Gasteiger partial charge is 0.193 e. The molecule has 0 amide bonds. The van der Waals surface area contributed by atoms with Crippen LogP contribution in [0.3, 0.4) is 0 Å². The van der Waals surface area contributed by atoms with Gasteiger partial charge in [-0.15, -0.1) is 24.0 Å². The van der Waals surface area contributed by atoms with Crippen LogP contribution in [0.15, 0.2) is 23.2 Å². The van der Waals surface area contributed by atoms with Gasteiger partial charge < -0.3 is 20.5 Å². The van der Waals surface area contributed by atoms with Crippen molar-refractivity contribution < 1.29 is 13.9 Å². The van der Waals surface area contributed by atoms with E-state index in [1.165, 1.54) is 0 Å². The van der Waals surface area contributed by atoms with Crippen LogP contribution in [0.5, 0.6) is 11.5 Å². The number of hydrogen-bond acceptors (Lipinski definition) is 3. The molecular weight excluding hydrogens is 388 g/mol. The summed E-state index contributed by atoms with van der Waals surface area (Å²) in [6, 6.07) is 5.44. The van der Waals surface area contributed by atoms with Gasteiger partial charge in [-0.1, -0.05) is 0 Å². The minimum Gasteiger partial charge on any atom is -0.494 e. The van der Waals surface area contributed by atoms with Gasteiger partial charge in [0.2, 0.25) is 0 Å². The normalized spacial score (nSPS) is 10.7. The van der Waals surface area contributed by atoms with Gasteiger partial charge in [-0.3, -0.25) is 9.38 Å². The highest BCUT2D eigenvalue weighted by Gasteiger charge is 2.07. The van der Waals surface area contributed by atoms with E-state index in [2.05, 4.69) is 10.3 Å². The van der Waals surface area contributed by atoms with Crippen LogP contribution in [0.2, 0.25) is 0 Å². The number of ether oxygens (including phenoxy) is 2. The van der Waals surface area contributed by atoms with Crippen molar-refractivity contribution in [2.75, 3.05) is 31.7 Å². The maximum atomic E-state index is 12.0. The van der Waals surface area contributed by atoms with Gasteiger partial charge in [0, 0.05) is 12.6 Å². The van der Waals surface area contributed by atoms with Gasteiger partial charge in [0.25, 0.3) is 0 Å². The van der Waals surface area contributed by atoms with Crippen LogP contribution in [0.4, 0.5) is 10.1 Å². The molecule has 1 aromatic rings. The van der Waals surface area contributed by atoms with E-state index in [0.29, 0.717) is 37.6 Å². The molecule has 0 saturated heterocycles. The molecule has 0 saturated carbocycles. The lowest BCUT2D eigenvalue weighted by Crippen LogP contribution is -2.23. The lowest BCUT2D eigenvalue weighted by atomic mass is 10.2. The number of guanidine groups is 1. The Kier molecular flexibility index (Phi) is 10.7. The number of nitrogens with two attached hydrogens (primary N) is 1. The number of nitrogens with zero attached hydrogens (tertiary/aromatic N) is 1. The summed E-state index contributed by atoms with van der Waals surface area (Å²) < 4.78 is 22.9. The molecule has 3 N–H and O–H groups in total. The highest BCUT2D eigenvalue weighted by molar-refractivity contribution is 14.0. The van der Waals surface area contributed by atoms with Gasteiger partial charge >= 0.3 is 0 Å². The molecular formula is C14H23FIN3O2. The van der Waals surface area contributed by atoms with Gasteiger partial charge in [0.05, 0.1) is 25.6 Å². The minimum atomic E-state index is -0.402. The Morgan fingerprint density at radius 1 is 1.29 bits per heavy atom. The fourth-order valence-corrected chi connectivity index (χ4v) is 1.58. The standard InChI is InChI=1S/C14H22FN3O2.HI/c1-3-19-11-6-7-13(20-4-2)12(10-11)18-14(16)17-9-5-8-15;/h6-7,10H,3-5,8-9H2,1-2H3,(H3,16,17,18);1H. The molecule has 0 aromatic heterocycles. The van der Waals surface area contributed by atoms with Crippen LogP contribution in [-0.4, -0.2) is 32.4 Å². The fourth-order valence-electron chi connectivity index (χ4n) is 1.58. The Labute approximate surface area is 142 Å². The zero-order chi connectivity index (χ0) is 14.8. The SMILES string of the molecule is CCOc1ccc(OCC)c(NC(N)=NCCCF)c1.I. The lowest BCUT2D eigenvalue weighted by Gasteiger charge is -2.13. The second kappa shape index (κ2) is 11.4. The first kappa shape index (κ1) is 19.8. The van der Waals surface area contributed by atoms with E-state index in [9.17, 15) is 4.39 Å². The van der Waals surface area contributed by atoms with Crippen LogP contribution < -0.4 is 20.5 Å². The van der Waals surface area contributed by atoms with Gasteiger partial charge in [0.15, 0.2) is 5.96 Å². The summed E-state index contributed by atoms with van der Waals surface area (Å²) in [5, 5.41) is 2.95. The largest absolute Gasteiger partial charge is 0.494 e. The first-order chi connectivity index (χ1) is 9.71.